The van der Waals surface area contributed by atoms with E-state index >= 15 is 0 Å². The molecule has 1 N–H and O–H groups in total. The molecule has 0 amide bonds. The molecule has 1 aliphatic heterocycles. The highest BCUT2D eigenvalue weighted by atomic mass is 15.1. The van der Waals surface area contributed by atoms with Gasteiger partial charge in [-0.05, 0) is 31.9 Å². The van der Waals surface area contributed by atoms with E-state index in [1.165, 1.54) is 27.6 Å². The number of rotatable bonds is 3. The topological polar surface area (TPSA) is 19.0 Å². The van der Waals surface area contributed by atoms with Gasteiger partial charge in [0.25, 0.3) is 0 Å². The summed E-state index contributed by atoms with van der Waals surface area (Å²) in [5.41, 5.74) is 5.49. The average molecular weight is 266 g/mol. The van der Waals surface area contributed by atoms with Crippen molar-refractivity contribution in [2.45, 2.75) is 20.3 Å². The van der Waals surface area contributed by atoms with Gasteiger partial charge in [0.2, 0.25) is 0 Å². The maximum absolute atomic E-state index is 3.37. The summed E-state index contributed by atoms with van der Waals surface area (Å²) in [7, 11) is 0. The SMILES string of the molecule is CC(C)=CCN1CC=C(c2c[nH]c3ccccc23)CC1. The molecule has 0 saturated carbocycles. The van der Waals surface area contributed by atoms with Gasteiger partial charge in [-0.15, -0.1) is 0 Å². The van der Waals surface area contributed by atoms with E-state index < -0.39 is 0 Å². The van der Waals surface area contributed by atoms with Crippen LogP contribution < -0.4 is 0 Å². The molecule has 0 atom stereocenters. The molecule has 2 nitrogen and oxygen atoms in total. The lowest BCUT2D eigenvalue weighted by Crippen LogP contribution is -2.28. The van der Waals surface area contributed by atoms with Crippen LogP contribution in [0.1, 0.15) is 25.8 Å². The fourth-order valence-electron chi connectivity index (χ4n) is 2.77. The van der Waals surface area contributed by atoms with Crippen LogP contribution in [0.2, 0.25) is 0 Å². The number of fused-ring (bicyclic) bond motifs is 1. The highest BCUT2D eigenvalue weighted by Gasteiger charge is 2.14. The minimum Gasteiger partial charge on any atom is -0.361 e. The van der Waals surface area contributed by atoms with Crippen molar-refractivity contribution in [1.82, 2.24) is 9.88 Å². The molecule has 0 bridgehead atoms. The van der Waals surface area contributed by atoms with Crippen LogP contribution in [0.15, 0.2) is 48.2 Å². The molecule has 0 radical (unpaired) electrons. The minimum atomic E-state index is 1.05. The smallest absolute Gasteiger partial charge is 0.0460 e. The van der Waals surface area contributed by atoms with E-state index in [4.69, 9.17) is 0 Å². The van der Waals surface area contributed by atoms with Gasteiger partial charge in [-0.25, -0.2) is 0 Å². The van der Waals surface area contributed by atoms with Crippen LogP contribution in [0.25, 0.3) is 16.5 Å². The molecule has 0 spiro atoms. The number of nitrogens with one attached hydrogen (secondary N) is 1. The van der Waals surface area contributed by atoms with Crippen molar-refractivity contribution in [2.24, 2.45) is 0 Å². The van der Waals surface area contributed by atoms with Gasteiger partial charge in [-0.3, -0.25) is 4.90 Å². The number of para-hydroxylation sites is 1. The molecule has 1 aromatic carbocycles. The number of allylic oxidation sites excluding steroid dienone is 1. The molecular weight excluding hydrogens is 244 g/mol. The van der Waals surface area contributed by atoms with Gasteiger partial charge in [-0.2, -0.15) is 0 Å². The fourth-order valence-corrected chi connectivity index (χ4v) is 2.77. The quantitative estimate of drug-likeness (QED) is 0.824. The Labute approximate surface area is 120 Å². The Bertz CT molecular complexity index is 657. The van der Waals surface area contributed by atoms with E-state index in [1.54, 1.807) is 0 Å². The highest BCUT2D eigenvalue weighted by Crippen LogP contribution is 2.28. The predicted molar refractivity (Wildman–Crippen MR) is 86.8 cm³/mol. The second-order valence-electron chi connectivity index (χ2n) is 5.77. The van der Waals surface area contributed by atoms with E-state index in [1.807, 2.05) is 0 Å². The summed E-state index contributed by atoms with van der Waals surface area (Å²) in [5.74, 6) is 0. The normalized spacial score (nSPS) is 16.2. The number of benzene rings is 1. The Morgan fingerprint density at radius 3 is 2.90 bits per heavy atom. The number of aromatic amines is 1. The highest BCUT2D eigenvalue weighted by molar-refractivity contribution is 5.92. The summed E-state index contributed by atoms with van der Waals surface area (Å²) in [4.78, 5) is 5.86. The standard InChI is InChI=1S/C18H22N2/c1-14(2)7-10-20-11-8-15(9-12-20)17-13-19-18-6-4-3-5-16(17)18/h3-8,13,19H,9-12H2,1-2H3. The molecule has 20 heavy (non-hydrogen) atoms. The lowest BCUT2D eigenvalue weighted by molar-refractivity contribution is 0.334. The molecule has 0 fully saturated rings. The Balaban J connectivity index is 1.78. The van der Waals surface area contributed by atoms with Crippen LogP contribution >= 0.6 is 0 Å². The van der Waals surface area contributed by atoms with Crippen molar-refractivity contribution >= 4 is 16.5 Å². The average Bonchev–Trinajstić information content (AvgIpc) is 2.89. The maximum atomic E-state index is 3.37. The van der Waals surface area contributed by atoms with Crippen LogP contribution in [0.5, 0.6) is 0 Å². The zero-order chi connectivity index (χ0) is 13.9. The minimum absolute atomic E-state index is 1.05. The molecule has 2 aromatic rings. The number of hydrogen-bond acceptors (Lipinski definition) is 1. The van der Waals surface area contributed by atoms with Crippen molar-refractivity contribution in [3.63, 3.8) is 0 Å². The molecule has 0 aliphatic carbocycles. The Morgan fingerprint density at radius 2 is 2.15 bits per heavy atom. The van der Waals surface area contributed by atoms with Crippen LogP contribution in [-0.4, -0.2) is 29.5 Å². The van der Waals surface area contributed by atoms with Gasteiger partial charge < -0.3 is 4.98 Å². The van der Waals surface area contributed by atoms with Crippen LogP contribution in [0, 0.1) is 0 Å². The first-order chi connectivity index (χ1) is 9.74. The van der Waals surface area contributed by atoms with E-state index in [2.05, 4.69) is 66.3 Å². The molecule has 1 aliphatic rings. The summed E-state index contributed by atoms with van der Waals surface area (Å²) in [6, 6.07) is 8.55. The van der Waals surface area contributed by atoms with Crippen molar-refractivity contribution in [3.05, 3.63) is 53.8 Å². The molecule has 3 rings (SSSR count). The number of aromatic nitrogens is 1. The van der Waals surface area contributed by atoms with Crippen LogP contribution in [-0.2, 0) is 0 Å². The zero-order valence-electron chi connectivity index (χ0n) is 12.3. The molecular formula is C18H22N2. The van der Waals surface area contributed by atoms with E-state index in [0.717, 1.165) is 26.1 Å². The lowest BCUT2D eigenvalue weighted by atomic mass is 9.99. The lowest BCUT2D eigenvalue weighted by Gasteiger charge is -2.25. The van der Waals surface area contributed by atoms with E-state index in [-0.39, 0.29) is 0 Å². The molecule has 104 valence electrons. The third-order valence-electron chi connectivity index (χ3n) is 3.99. The maximum Gasteiger partial charge on any atom is 0.0460 e. The summed E-state index contributed by atoms with van der Waals surface area (Å²) < 4.78 is 0. The van der Waals surface area contributed by atoms with Crippen molar-refractivity contribution in [1.29, 1.82) is 0 Å². The second kappa shape index (κ2) is 5.68. The van der Waals surface area contributed by atoms with Gasteiger partial charge in [0.05, 0.1) is 0 Å². The third kappa shape index (κ3) is 2.70. The second-order valence-corrected chi connectivity index (χ2v) is 5.77. The molecule has 2 heteroatoms. The van der Waals surface area contributed by atoms with Crippen LogP contribution in [0.3, 0.4) is 0 Å². The van der Waals surface area contributed by atoms with Gasteiger partial charge >= 0.3 is 0 Å². The number of H-pyrrole nitrogens is 1. The van der Waals surface area contributed by atoms with Crippen molar-refractivity contribution in [3.8, 4) is 0 Å². The van der Waals surface area contributed by atoms with Gasteiger partial charge in [0.1, 0.15) is 0 Å². The van der Waals surface area contributed by atoms with E-state index in [9.17, 15) is 0 Å². The molecule has 1 aromatic heterocycles. The van der Waals surface area contributed by atoms with Crippen molar-refractivity contribution < 1.29 is 0 Å². The summed E-state index contributed by atoms with van der Waals surface area (Å²) in [6.07, 6.45) is 7.99. The Morgan fingerprint density at radius 1 is 1.30 bits per heavy atom. The molecule has 0 unspecified atom stereocenters. The Hall–Kier alpha value is -1.80. The molecule has 0 saturated heterocycles. The Kier molecular flexibility index (Phi) is 3.75. The monoisotopic (exact) mass is 266 g/mol. The first-order valence-corrected chi connectivity index (χ1v) is 7.35. The summed E-state index contributed by atoms with van der Waals surface area (Å²) in [6.45, 7) is 7.60. The zero-order valence-corrected chi connectivity index (χ0v) is 12.3. The largest absolute Gasteiger partial charge is 0.361 e. The van der Waals surface area contributed by atoms with Gasteiger partial charge in [0.15, 0.2) is 0 Å². The van der Waals surface area contributed by atoms with Gasteiger partial charge in [-0.1, -0.05) is 35.9 Å². The van der Waals surface area contributed by atoms with Crippen molar-refractivity contribution in [2.75, 3.05) is 19.6 Å². The predicted octanol–water partition coefficient (Wildman–Crippen LogP) is 4.22. The molecule has 2 heterocycles. The first-order valence-electron chi connectivity index (χ1n) is 7.35. The summed E-state index contributed by atoms with van der Waals surface area (Å²) in [5, 5.41) is 1.34. The van der Waals surface area contributed by atoms with Crippen LogP contribution in [0.4, 0.5) is 0 Å². The number of nitrogens with zero attached hydrogens (tertiary/aromatic N) is 1. The fraction of sp³-hybridized carbons (Fsp3) is 0.333. The van der Waals surface area contributed by atoms with E-state index in [0.29, 0.717) is 0 Å². The van der Waals surface area contributed by atoms with Gasteiger partial charge in [0, 0.05) is 42.3 Å². The summed E-state index contributed by atoms with van der Waals surface area (Å²) >= 11 is 0. The third-order valence-corrected chi connectivity index (χ3v) is 3.99. The number of hydrogen-bond donors (Lipinski definition) is 1. The first kappa shape index (κ1) is 13.2.